The molecule has 2 heterocycles. The number of hydrogen-bond acceptors (Lipinski definition) is 23. The summed E-state index contributed by atoms with van der Waals surface area (Å²) < 4.78 is 10.8. The average Bonchev–Trinajstić information content (AvgIpc) is 1.62. The van der Waals surface area contributed by atoms with Crippen LogP contribution in [0.4, 0.5) is 0 Å². The average molecular weight is 1560 g/mol. The summed E-state index contributed by atoms with van der Waals surface area (Å²) in [5.74, 6) is -12.4. The number of benzene rings is 1. The molecule has 600 valence electrons. The Balaban J connectivity index is 1.61. The maximum Gasteiger partial charge on any atom is 0.246 e. The second-order valence-corrected chi connectivity index (χ2v) is 28.1. The molecule has 0 saturated carbocycles. The first-order valence-corrected chi connectivity index (χ1v) is 37.3. The van der Waals surface area contributed by atoms with Gasteiger partial charge in [0, 0.05) is 67.5 Å². The van der Waals surface area contributed by atoms with E-state index in [1.807, 2.05) is 20.1 Å². The van der Waals surface area contributed by atoms with Gasteiger partial charge in [0.25, 0.3) is 0 Å². The fraction of sp³-hybridized carbons (Fsp3) is 0.597. The SMILES string of the molecule is CSCC[C@H](NC(=O)[C@H](CC(C)C)NC(=O)[C@H](Cc1cnc[nH]1)NC(=O)CNC(=O)[C@@H](NC(=O)[C@H](C)NC(=O)[C@H](Cc1c[nH]c2ccccc12)NC(=O)[C@H](CCC(N)=O)NC(=O)[C@@H](C)NC(=O)COCCOCCNC(=O)CNC(=O)[C@H](CSCNC(C)=O)NC(=O)[C@H](CO)NC(=O)CN(C)C)C(C)C)C(N)=O. The highest BCUT2D eigenvalue weighted by atomic mass is 32.2. The maximum absolute atomic E-state index is 14.4. The summed E-state index contributed by atoms with van der Waals surface area (Å²) >= 11 is 2.53. The Morgan fingerprint density at radius 1 is 0.574 bits per heavy atom. The lowest BCUT2D eigenvalue weighted by Crippen LogP contribution is -2.59. The quantitative estimate of drug-likeness (QED) is 0.0185. The number of carbonyl (C=O) groups excluding carboxylic acids is 16. The number of fused-ring (bicyclic) bond motifs is 1. The molecule has 0 fully saturated rings. The monoisotopic (exact) mass is 1560 g/mol. The molecule has 0 bridgehead atoms. The zero-order valence-electron chi connectivity index (χ0n) is 62.4. The van der Waals surface area contributed by atoms with Crippen molar-refractivity contribution in [3.05, 3.63) is 54.2 Å². The molecule has 2 aromatic heterocycles. The van der Waals surface area contributed by atoms with E-state index in [4.69, 9.17) is 20.9 Å². The second kappa shape index (κ2) is 49.1. The number of amides is 16. The number of ether oxygens (including phenoxy) is 2. The van der Waals surface area contributed by atoms with E-state index in [9.17, 15) is 81.8 Å². The van der Waals surface area contributed by atoms with Crippen LogP contribution in [0.25, 0.3) is 10.9 Å². The van der Waals surface area contributed by atoms with Crippen LogP contribution in [0.3, 0.4) is 0 Å². The van der Waals surface area contributed by atoms with Gasteiger partial charge in [0.2, 0.25) is 94.5 Å². The number of carbonyl (C=O) groups is 16. The number of para-hydroxylation sites is 1. The van der Waals surface area contributed by atoms with E-state index in [-0.39, 0.29) is 88.5 Å². The van der Waals surface area contributed by atoms with Gasteiger partial charge in [-0.25, -0.2) is 4.98 Å². The summed E-state index contributed by atoms with van der Waals surface area (Å²) in [6.45, 7) is 7.92. The molecule has 21 N–H and O–H groups in total. The normalized spacial score (nSPS) is 13.9. The van der Waals surface area contributed by atoms with E-state index in [1.54, 1.807) is 63.3 Å². The Morgan fingerprint density at radius 3 is 1.80 bits per heavy atom. The Morgan fingerprint density at radius 2 is 1.16 bits per heavy atom. The van der Waals surface area contributed by atoms with Gasteiger partial charge in [0.05, 0.1) is 58.3 Å². The van der Waals surface area contributed by atoms with Gasteiger partial charge in [-0.3, -0.25) is 76.7 Å². The van der Waals surface area contributed by atoms with Gasteiger partial charge in [-0.1, -0.05) is 45.9 Å². The topological polar surface area (TPSA) is 580 Å². The predicted octanol–water partition coefficient (Wildman–Crippen LogP) is -6.47. The number of aliphatic hydroxyl groups is 1. The minimum absolute atomic E-state index is 0.0246. The van der Waals surface area contributed by atoms with E-state index in [0.717, 1.165) is 11.8 Å². The largest absolute Gasteiger partial charge is 0.394 e. The number of nitrogens with two attached hydrogens (primary N) is 2. The summed E-state index contributed by atoms with van der Waals surface area (Å²) in [5, 5.41) is 45.8. The van der Waals surface area contributed by atoms with Crippen LogP contribution in [0.5, 0.6) is 0 Å². The zero-order chi connectivity index (χ0) is 80.6. The highest BCUT2D eigenvalue weighted by Gasteiger charge is 2.35. The molecular weight excluding hydrogens is 1450 g/mol. The number of likely N-dealkylation sites (N-methyl/N-ethyl adjacent to an activating group) is 1. The smallest absolute Gasteiger partial charge is 0.246 e. The highest BCUT2D eigenvalue weighted by Crippen LogP contribution is 2.20. The van der Waals surface area contributed by atoms with E-state index >= 15 is 0 Å². The summed E-state index contributed by atoms with van der Waals surface area (Å²) in [5.41, 5.74) is 12.7. The van der Waals surface area contributed by atoms with Crippen molar-refractivity contribution in [3.8, 4) is 0 Å². The summed E-state index contributed by atoms with van der Waals surface area (Å²) in [6, 6.07) is -6.05. The molecule has 3 rings (SSSR count). The number of aromatic amines is 2. The van der Waals surface area contributed by atoms with Crippen LogP contribution in [-0.2, 0) is 99.0 Å². The fourth-order valence-electron chi connectivity index (χ4n) is 10.0. The van der Waals surface area contributed by atoms with Crippen LogP contribution < -0.4 is 85.9 Å². The molecule has 1 aromatic carbocycles. The van der Waals surface area contributed by atoms with Crippen LogP contribution in [-0.4, -0.2) is 277 Å². The molecule has 10 atom stereocenters. The number of nitrogens with one attached hydrogen (secondary N) is 16. The number of imidazole rings is 1. The lowest BCUT2D eigenvalue weighted by Gasteiger charge is -2.27. The van der Waals surface area contributed by atoms with Crippen molar-refractivity contribution >= 4 is 129 Å². The first kappa shape index (κ1) is 92.2. The van der Waals surface area contributed by atoms with Crippen LogP contribution in [0.2, 0.25) is 0 Å². The molecule has 0 aliphatic heterocycles. The molecule has 0 spiro atoms. The van der Waals surface area contributed by atoms with Crippen molar-refractivity contribution in [2.45, 2.75) is 147 Å². The van der Waals surface area contributed by atoms with Crippen molar-refractivity contribution in [1.29, 1.82) is 0 Å². The van der Waals surface area contributed by atoms with Crippen LogP contribution >= 0.6 is 23.5 Å². The van der Waals surface area contributed by atoms with E-state index in [2.05, 4.69) is 89.4 Å². The number of rotatable bonds is 52. The Hall–Kier alpha value is -9.97. The molecule has 108 heavy (non-hydrogen) atoms. The molecule has 0 aliphatic rings. The van der Waals surface area contributed by atoms with Gasteiger partial charge < -0.3 is 115 Å². The number of aromatic nitrogens is 3. The molecule has 0 aliphatic carbocycles. The Labute approximate surface area is 633 Å². The van der Waals surface area contributed by atoms with Crippen LogP contribution in [0, 0.1) is 11.8 Å². The summed E-state index contributed by atoms with van der Waals surface area (Å²) in [4.78, 5) is 222. The minimum atomic E-state index is -1.53. The summed E-state index contributed by atoms with van der Waals surface area (Å²) in [7, 11) is 3.26. The number of H-pyrrole nitrogens is 2. The molecule has 41 heteroatoms. The van der Waals surface area contributed by atoms with Gasteiger partial charge in [-0.05, 0) is 82.7 Å². The number of primary amides is 2. The third kappa shape index (κ3) is 35.6. The third-order valence-corrected chi connectivity index (χ3v) is 17.3. The fourth-order valence-corrected chi connectivity index (χ4v) is 11.4. The van der Waals surface area contributed by atoms with Crippen molar-refractivity contribution in [3.63, 3.8) is 0 Å². The van der Waals surface area contributed by atoms with Crippen LogP contribution in [0.1, 0.15) is 85.4 Å². The van der Waals surface area contributed by atoms with Gasteiger partial charge >= 0.3 is 0 Å². The molecule has 0 unspecified atom stereocenters. The highest BCUT2D eigenvalue weighted by molar-refractivity contribution is 7.99. The maximum atomic E-state index is 14.4. The lowest BCUT2D eigenvalue weighted by molar-refractivity contribution is -0.135. The standard InChI is InChI=1S/C67H106N20O19S2/c1-36(2)23-47(64(101)81-45(58(69)95)17-22-107-10)83-65(102)49(25-42-27-70-34-75-42)79-54(92)29-74-67(104)57(37(3)4)86-60(97)39(6)78-63(100)48(24-41-26-72-44-14-12-11-13-43(41)44)84-62(99)46(15-16-52(68)90)82-59(96)38(5)77-56(94)32-106-21-20-105-19-18-71-53(91)28-73-61(98)51(33-108-35-76-40(7)89)85-66(103)50(31-88)80-55(93)30-87(8)9/h11-14,26-27,34,36-39,45-51,57,72,88H,15-25,28-33,35H2,1-10H3,(H2,68,90)(H2,69,95)(H,70,75)(H,71,91)(H,73,98)(H,74,104)(H,76,89)(H,77,94)(H,78,100)(H,79,92)(H,80,93)(H,81,101)(H,82,96)(H,83,102)(H,84,99)(H,85,103)(H,86,97)/t38-,39+,45+,46+,47+,48+,49+,50+,51+,57+/m1/s1. The number of thioether (sulfide) groups is 2. The van der Waals surface area contributed by atoms with E-state index in [0.29, 0.717) is 27.9 Å². The number of nitrogens with zero attached hydrogens (tertiary/aromatic N) is 2. The van der Waals surface area contributed by atoms with Crippen molar-refractivity contribution < 1.29 is 91.3 Å². The number of aliphatic hydroxyl groups excluding tert-OH is 1. The van der Waals surface area contributed by atoms with Crippen molar-refractivity contribution in [1.82, 2.24) is 94.3 Å². The molecular formula is C67H106N20O19S2. The van der Waals surface area contributed by atoms with Gasteiger partial charge in [0.15, 0.2) is 0 Å². The molecule has 39 nitrogen and oxygen atoms in total. The Kier molecular flexibility index (Phi) is 41.9. The Bertz CT molecular complexity index is 3510. The zero-order valence-corrected chi connectivity index (χ0v) is 64.0. The predicted molar refractivity (Wildman–Crippen MR) is 397 cm³/mol. The first-order valence-electron chi connectivity index (χ1n) is 34.8. The van der Waals surface area contributed by atoms with Gasteiger partial charge in [-0.2, -0.15) is 11.8 Å². The lowest BCUT2D eigenvalue weighted by atomic mass is 10.0. The van der Waals surface area contributed by atoms with Gasteiger partial charge in [-0.15, -0.1) is 11.8 Å². The molecule has 0 radical (unpaired) electrons. The first-order chi connectivity index (χ1) is 51.1. The van der Waals surface area contributed by atoms with E-state index in [1.165, 1.54) is 45.1 Å². The van der Waals surface area contributed by atoms with Crippen LogP contribution in [0.15, 0.2) is 43.0 Å². The molecule has 0 saturated heterocycles. The van der Waals surface area contributed by atoms with Gasteiger partial charge in [0.1, 0.15) is 67.0 Å². The van der Waals surface area contributed by atoms with Crippen molar-refractivity contribution in [2.24, 2.45) is 23.3 Å². The third-order valence-electron chi connectivity index (χ3n) is 15.7. The van der Waals surface area contributed by atoms with E-state index < -0.39 is 188 Å². The second-order valence-electron chi connectivity index (χ2n) is 26.1. The van der Waals surface area contributed by atoms with Crippen molar-refractivity contribution in [2.75, 3.05) is 96.9 Å². The molecule has 16 amide bonds. The molecule has 3 aromatic rings. The summed E-state index contributed by atoms with van der Waals surface area (Å²) in [6.07, 6.45) is 5.53. The minimum Gasteiger partial charge on any atom is -0.394 e. The number of hydrogen-bond donors (Lipinski definition) is 19.